The van der Waals surface area contributed by atoms with E-state index in [1.807, 2.05) is 0 Å². The summed E-state index contributed by atoms with van der Waals surface area (Å²) in [6.45, 7) is 0. The highest BCUT2D eigenvalue weighted by Crippen LogP contribution is 2.14. The number of halogens is 1. The molecule has 5 nitrogen and oxygen atoms in total. The molecule has 0 N–H and O–H groups in total. The molecular formula is C7H9FN2O3S. The van der Waals surface area contributed by atoms with Crippen LogP contribution in [0.3, 0.4) is 0 Å². The van der Waals surface area contributed by atoms with E-state index >= 15 is 0 Å². The number of aromatic nitrogens is 1. The van der Waals surface area contributed by atoms with Crippen LogP contribution in [0, 0.1) is 5.82 Å². The third-order valence-electron chi connectivity index (χ3n) is 1.56. The molecule has 7 heteroatoms. The first-order valence-electron chi connectivity index (χ1n) is 3.63. The molecule has 1 aromatic rings. The van der Waals surface area contributed by atoms with Crippen LogP contribution in [-0.4, -0.2) is 32.0 Å². The second kappa shape index (κ2) is 3.99. The first-order chi connectivity index (χ1) is 6.50. The number of sulfonamides is 1. The SMILES string of the molecule is CON(C)S(=O)(=O)c1ncccc1F. The molecule has 0 amide bonds. The van der Waals surface area contributed by atoms with Crippen molar-refractivity contribution < 1.29 is 17.6 Å². The van der Waals surface area contributed by atoms with Crippen molar-refractivity contribution in [2.24, 2.45) is 0 Å². The lowest BCUT2D eigenvalue weighted by Crippen LogP contribution is -2.27. The first kappa shape index (κ1) is 11.0. The highest BCUT2D eigenvalue weighted by Gasteiger charge is 2.25. The van der Waals surface area contributed by atoms with Crippen molar-refractivity contribution in [3.8, 4) is 0 Å². The summed E-state index contributed by atoms with van der Waals surface area (Å²) in [5, 5.41) is -0.649. The van der Waals surface area contributed by atoms with Gasteiger partial charge in [0.15, 0.2) is 5.82 Å². The van der Waals surface area contributed by atoms with Gasteiger partial charge >= 0.3 is 0 Å². The monoisotopic (exact) mass is 220 g/mol. The van der Waals surface area contributed by atoms with Crippen LogP contribution in [0.5, 0.6) is 0 Å². The Bertz CT molecular complexity index is 421. The highest BCUT2D eigenvalue weighted by atomic mass is 32.2. The average Bonchev–Trinajstić information content (AvgIpc) is 2.17. The zero-order valence-electron chi connectivity index (χ0n) is 7.64. The average molecular weight is 220 g/mol. The van der Waals surface area contributed by atoms with Crippen molar-refractivity contribution in [2.45, 2.75) is 5.03 Å². The molecule has 0 unspecified atom stereocenters. The zero-order chi connectivity index (χ0) is 10.8. The fourth-order valence-corrected chi connectivity index (χ4v) is 1.73. The Kier molecular flexibility index (Phi) is 3.14. The molecule has 78 valence electrons. The molecule has 0 saturated heterocycles. The van der Waals surface area contributed by atoms with Crippen LogP contribution in [0.25, 0.3) is 0 Å². The van der Waals surface area contributed by atoms with Crippen molar-refractivity contribution in [3.63, 3.8) is 0 Å². The fourth-order valence-electron chi connectivity index (χ4n) is 0.781. The fraction of sp³-hybridized carbons (Fsp3) is 0.286. The van der Waals surface area contributed by atoms with Crippen LogP contribution in [0.4, 0.5) is 4.39 Å². The molecule has 1 rings (SSSR count). The van der Waals surface area contributed by atoms with E-state index in [1.165, 1.54) is 19.4 Å². The van der Waals surface area contributed by atoms with E-state index in [9.17, 15) is 12.8 Å². The van der Waals surface area contributed by atoms with Crippen LogP contribution < -0.4 is 0 Å². The van der Waals surface area contributed by atoms with E-state index in [0.717, 1.165) is 13.1 Å². The molecule has 0 aliphatic carbocycles. The molecule has 14 heavy (non-hydrogen) atoms. The number of hydrogen-bond acceptors (Lipinski definition) is 4. The van der Waals surface area contributed by atoms with Gasteiger partial charge in [0.1, 0.15) is 0 Å². The first-order valence-corrected chi connectivity index (χ1v) is 5.07. The van der Waals surface area contributed by atoms with Gasteiger partial charge in [0, 0.05) is 13.2 Å². The van der Waals surface area contributed by atoms with Gasteiger partial charge in [-0.05, 0) is 12.1 Å². The van der Waals surface area contributed by atoms with Gasteiger partial charge in [-0.25, -0.2) is 17.8 Å². The van der Waals surface area contributed by atoms with Crippen molar-refractivity contribution in [3.05, 3.63) is 24.1 Å². The van der Waals surface area contributed by atoms with Crippen molar-refractivity contribution >= 4 is 10.0 Å². The predicted molar refractivity (Wildman–Crippen MR) is 46.2 cm³/mol. The van der Waals surface area contributed by atoms with Gasteiger partial charge in [0.2, 0.25) is 5.03 Å². The quantitative estimate of drug-likeness (QED) is 0.692. The molecule has 0 radical (unpaired) electrons. The van der Waals surface area contributed by atoms with E-state index in [0.29, 0.717) is 4.47 Å². The normalized spacial score (nSPS) is 12.0. The molecular weight excluding hydrogens is 211 g/mol. The van der Waals surface area contributed by atoms with Crippen LogP contribution in [0.1, 0.15) is 0 Å². The second-order valence-corrected chi connectivity index (χ2v) is 4.24. The van der Waals surface area contributed by atoms with Gasteiger partial charge in [-0.3, -0.25) is 4.84 Å². The van der Waals surface area contributed by atoms with Crippen LogP contribution in [0.2, 0.25) is 0 Å². The van der Waals surface area contributed by atoms with Crippen molar-refractivity contribution in [1.82, 2.24) is 9.45 Å². The molecule has 0 spiro atoms. The minimum absolute atomic E-state index is 0.540. The van der Waals surface area contributed by atoms with Gasteiger partial charge in [-0.2, -0.15) is 0 Å². The van der Waals surface area contributed by atoms with E-state index in [2.05, 4.69) is 9.82 Å². The molecule has 0 fully saturated rings. The molecule has 1 aromatic heterocycles. The number of rotatable bonds is 3. The lowest BCUT2D eigenvalue weighted by Gasteiger charge is -2.13. The summed E-state index contributed by atoms with van der Waals surface area (Å²) >= 11 is 0. The number of hydroxylamine groups is 1. The van der Waals surface area contributed by atoms with E-state index in [4.69, 9.17) is 0 Å². The predicted octanol–water partition coefficient (Wildman–Crippen LogP) is 0.403. The lowest BCUT2D eigenvalue weighted by atomic mass is 10.5. The van der Waals surface area contributed by atoms with Gasteiger partial charge in [0.25, 0.3) is 10.0 Å². The Hall–Kier alpha value is -1.05. The van der Waals surface area contributed by atoms with E-state index in [1.54, 1.807) is 0 Å². The highest BCUT2D eigenvalue weighted by molar-refractivity contribution is 7.88. The minimum Gasteiger partial charge on any atom is -0.288 e. The topological polar surface area (TPSA) is 59.5 Å². The third kappa shape index (κ3) is 1.89. The number of nitrogens with zero attached hydrogens (tertiary/aromatic N) is 2. The minimum atomic E-state index is -3.99. The summed E-state index contributed by atoms with van der Waals surface area (Å²) in [4.78, 5) is 7.90. The Morgan fingerprint density at radius 3 is 2.71 bits per heavy atom. The van der Waals surface area contributed by atoms with Crippen molar-refractivity contribution in [1.29, 1.82) is 0 Å². The van der Waals surface area contributed by atoms with Gasteiger partial charge in [-0.15, -0.1) is 0 Å². The molecule has 0 bridgehead atoms. The number of hydrogen-bond donors (Lipinski definition) is 0. The van der Waals surface area contributed by atoms with E-state index < -0.39 is 20.9 Å². The second-order valence-electron chi connectivity index (χ2n) is 2.39. The molecule has 0 saturated carbocycles. The maximum Gasteiger partial charge on any atom is 0.285 e. The summed E-state index contributed by atoms with van der Waals surface area (Å²) in [6.07, 6.45) is 1.19. The largest absolute Gasteiger partial charge is 0.288 e. The Labute approximate surface area is 81.1 Å². The van der Waals surface area contributed by atoms with Gasteiger partial charge < -0.3 is 0 Å². The summed E-state index contributed by atoms with van der Waals surface area (Å²) < 4.78 is 36.6. The maximum atomic E-state index is 13.1. The summed E-state index contributed by atoms with van der Waals surface area (Å²) in [7, 11) is -1.67. The Balaban J connectivity index is 3.24. The smallest absolute Gasteiger partial charge is 0.285 e. The molecule has 0 atom stereocenters. The number of pyridine rings is 1. The third-order valence-corrected chi connectivity index (χ3v) is 3.18. The maximum absolute atomic E-state index is 13.1. The van der Waals surface area contributed by atoms with Crippen molar-refractivity contribution in [2.75, 3.05) is 14.2 Å². The summed E-state index contributed by atoms with van der Waals surface area (Å²) in [5.74, 6) is -0.906. The lowest BCUT2D eigenvalue weighted by molar-refractivity contribution is -0.0263. The summed E-state index contributed by atoms with van der Waals surface area (Å²) in [6, 6.07) is 2.32. The van der Waals surface area contributed by atoms with Crippen LogP contribution >= 0.6 is 0 Å². The van der Waals surface area contributed by atoms with Gasteiger partial charge in [0.05, 0.1) is 7.11 Å². The zero-order valence-corrected chi connectivity index (χ0v) is 8.45. The molecule has 0 aliphatic rings. The molecule has 0 aromatic carbocycles. The van der Waals surface area contributed by atoms with E-state index in [-0.39, 0.29) is 0 Å². The van der Waals surface area contributed by atoms with Gasteiger partial charge in [-0.1, -0.05) is 4.47 Å². The molecule has 1 heterocycles. The van der Waals surface area contributed by atoms with Crippen LogP contribution in [-0.2, 0) is 14.9 Å². The van der Waals surface area contributed by atoms with Crippen LogP contribution in [0.15, 0.2) is 23.4 Å². The standard InChI is InChI=1S/C7H9FN2O3S/c1-10(13-2)14(11,12)7-6(8)4-3-5-9-7/h3-5H,1-2H3. The summed E-state index contributed by atoms with van der Waals surface area (Å²) in [5.41, 5.74) is 0. The Morgan fingerprint density at radius 2 is 2.21 bits per heavy atom. The molecule has 0 aliphatic heterocycles. The Morgan fingerprint density at radius 1 is 1.57 bits per heavy atom.